The molecule has 8 nitrogen and oxygen atoms in total. The van der Waals surface area contributed by atoms with Gasteiger partial charge >= 0.3 is 0 Å². The minimum absolute atomic E-state index is 0.00102. The van der Waals surface area contributed by atoms with Gasteiger partial charge in [-0.3, -0.25) is 13.9 Å². The number of nitrogens with one attached hydrogen (secondary N) is 1. The number of methoxy groups -OCH3 is 1. The van der Waals surface area contributed by atoms with Crippen molar-refractivity contribution in [3.8, 4) is 5.75 Å². The highest BCUT2D eigenvalue weighted by Gasteiger charge is 2.32. The summed E-state index contributed by atoms with van der Waals surface area (Å²) in [5.74, 6) is -0.405. The van der Waals surface area contributed by atoms with Crippen LogP contribution in [0.4, 0.5) is 5.69 Å². The minimum atomic E-state index is -4.15. The average molecular weight is 558 g/mol. The third-order valence-electron chi connectivity index (χ3n) is 6.07. The fourth-order valence-electron chi connectivity index (χ4n) is 3.83. The second-order valence-corrected chi connectivity index (χ2v) is 11.0. The number of ether oxygens (including phenoxy) is 1. The Bertz CT molecular complexity index is 1360. The van der Waals surface area contributed by atoms with E-state index in [1.54, 1.807) is 74.5 Å². The van der Waals surface area contributed by atoms with Gasteiger partial charge in [-0.2, -0.15) is 0 Å². The fraction of sp³-hybridized carbons (Fsp3) is 0.286. The van der Waals surface area contributed by atoms with Crippen molar-refractivity contribution in [2.45, 2.75) is 38.3 Å². The molecule has 0 aliphatic rings. The van der Waals surface area contributed by atoms with Crippen molar-refractivity contribution in [1.29, 1.82) is 0 Å². The first kappa shape index (κ1) is 29.0. The molecule has 1 N–H and O–H groups in total. The Morgan fingerprint density at radius 1 is 1.00 bits per heavy atom. The second kappa shape index (κ2) is 12.8. The molecule has 38 heavy (non-hydrogen) atoms. The van der Waals surface area contributed by atoms with Gasteiger partial charge in [0.1, 0.15) is 18.3 Å². The van der Waals surface area contributed by atoms with Gasteiger partial charge in [0.25, 0.3) is 10.0 Å². The van der Waals surface area contributed by atoms with E-state index >= 15 is 0 Å². The molecule has 0 aliphatic heterocycles. The van der Waals surface area contributed by atoms with Crippen molar-refractivity contribution in [3.05, 3.63) is 88.9 Å². The van der Waals surface area contributed by atoms with Crippen LogP contribution in [0.1, 0.15) is 25.0 Å². The number of hydrogen-bond acceptors (Lipinski definition) is 5. The fourth-order valence-corrected chi connectivity index (χ4v) is 5.44. The lowest BCUT2D eigenvalue weighted by molar-refractivity contribution is -0.139. The lowest BCUT2D eigenvalue weighted by atomic mass is 10.1. The number of carbonyl (C=O) groups is 2. The summed E-state index contributed by atoms with van der Waals surface area (Å²) in [7, 11) is -2.66. The van der Waals surface area contributed by atoms with Crippen LogP contribution in [0.2, 0.25) is 5.02 Å². The number of sulfonamides is 1. The molecule has 0 aromatic heterocycles. The number of benzene rings is 3. The average Bonchev–Trinajstić information content (AvgIpc) is 2.91. The zero-order chi connectivity index (χ0) is 27.9. The van der Waals surface area contributed by atoms with E-state index in [1.165, 1.54) is 24.1 Å². The van der Waals surface area contributed by atoms with Gasteiger partial charge in [0.15, 0.2) is 0 Å². The number of amides is 2. The maximum atomic E-state index is 13.8. The van der Waals surface area contributed by atoms with E-state index in [0.29, 0.717) is 28.6 Å². The molecule has 2 amide bonds. The van der Waals surface area contributed by atoms with Crippen molar-refractivity contribution in [2.75, 3.05) is 24.5 Å². The van der Waals surface area contributed by atoms with Gasteiger partial charge in [-0.1, -0.05) is 47.5 Å². The Kier molecular flexibility index (Phi) is 9.77. The van der Waals surface area contributed by atoms with Crippen LogP contribution < -0.4 is 14.4 Å². The molecule has 3 aromatic carbocycles. The van der Waals surface area contributed by atoms with E-state index < -0.39 is 28.5 Å². The predicted octanol–water partition coefficient (Wildman–Crippen LogP) is 4.41. The third kappa shape index (κ3) is 6.85. The predicted molar refractivity (Wildman–Crippen MR) is 149 cm³/mol. The molecule has 3 aromatic rings. The number of likely N-dealkylation sites (N-methyl/N-ethyl adjacent to an activating group) is 1. The highest BCUT2D eigenvalue weighted by atomic mass is 35.5. The Hall–Kier alpha value is -3.56. The van der Waals surface area contributed by atoms with Crippen molar-refractivity contribution >= 4 is 39.1 Å². The largest absolute Gasteiger partial charge is 0.497 e. The first-order valence-electron chi connectivity index (χ1n) is 12.1. The summed E-state index contributed by atoms with van der Waals surface area (Å²) in [6.07, 6.45) is 0. The second-order valence-electron chi connectivity index (χ2n) is 8.71. The minimum Gasteiger partial charge on any atom is -0.497 e. The highest BCUT2D eigenvalue weighted by Crippen LogP contribution is 2.27. The zero-order valence-electron chi connectivity index (χ0n) is 21.8. The standard InChI is InChI=1S/C28H32ClN3O5S/c1-5-30-28(34)21(3)31(18-22-8-6-7-9-26(22)29)27(33)19-32(23-12-10-20(2)11-13-23)38(35,36)25-16-14-24(37-4)15-17-25/h6-17,21H,5,18-19H2,1-4H3,(H,30,34)/t21-/m0/s1. The molecule has 0 fully saturated rings. The Balaban J connectivity index is 2.03. The van der Waals surface area contributed by atoms with E-state index in [-0.39, 0.29) is 17.3 Å². The molecule has 202 valence electrons. The zero-order valence-corrected chi connectivity index (χ0v) is 23.4. The summed E-state index contributed by atoms with van der Waals surface area (Å²) in [6.45, 7) is 5.17. The van der Waals surface area contributed by atoms with Crippen LogP contribution in [-0.4, -0.2) is 51.4 Å². The Morgan fingerprint density at radius 3 is 2.21 bits per heavy atom. The summed E-state index contributed by atoms with van der Waals surface area (Å²) in [4.78, 5) is 27.9. The van der Waals surface area contributed by atoms with E-state index in [9.17, 15) is 18.0 Å². The maximum Gasteiger partial charge on any atom is 0.264 e. The highest BCUT2D eigenvalue weighted by molar-refractivity contribution is 7.92. The molecule has 0 aliphatic carbocycles. The number of carbonyl (C=O) groups excluding carboxylic acids is 2. The van der Waals surface area contributed by atoms with Gasteiger partial charge in [-0.25, -0.2) is 8.42 Å². The number of hydrogen-bond donors (Lipinski definition) is 1. The SMILES string of the molecule is CCNC(=O)[C@H](C)N(Cc1ccccc1Cl)C(=O)CN(c1ccc(C)cc1)S(=O)(=O)c1ccc(OC)cc1. The first-order valence-corrected chi connectivity index (χ1v) is 13.9. The van der Waals surface area contributed by atoms with Crippen LogP contribution in [0.3, 0.4) is 0 Å². The smallest absolute Gasteiger partial charge is 0.264 e. The lowest BCUT2D eigenvalue weighted by Gasteiger charge is -2.32. The number of anilines is 1. The summed E-state index contributed by atoms with van der Waals surface area (Å²) in [6, 6.07) is 18.9. The number of aryl methyl sites for hydroxylation is 1. The van der Waals surface area contributed by atoms with E-state index in [2.05, 4.69) is 5.32 Å². The molecular formula is C28H32ClN3O5S. The molecule has 0 saturated carbocycles. The first-order chi connectivity index (χ1) is 18.1. The van der Waals surface area contributed by atoms with Gasteiger partial charge in [-0.15, -0.1) is 0 Å². The topological polar surface area (TPSA) is 96.0 Å². The maximum absolute atomic E-state index is 13.8. The van der Waals surface area contributed by atoms with Gasteiger partial charge in [0.05, 0.1) is 17.7 Å². The van der Waals surface area contributed by atoms with Crippen LogP contribution >= 0.6 is 11.6 Å². The van der Waals surface area contributed by atoms with Crippen molar-refractivity contribution < 1.29 is 22.7 Å². The van der Waals surface area contributed by atoms with Gasteiger partial charge in [0.2, 0.25) is 11.8 Å². The summed E-state index contributed by atoms with van der Waals surface area (Å²) in [5, 5.41) is 3.17. The normalized spacial score (nSPS) is 11.9. The molecule has 0 unspecified atom stereocenters. The van der Waals surface area contributed by atoms with Crippen LogP contribution in [0.25, 0.3) is 0 Å². The van der Waals surface area contributed by atoms with E-state index in [1.807, 2.05) is 6.92 Å². The van der Waals surface area contributed by atoms with Gasteiger partial charge in [-0.05, 0) is 68.8 Å². The molecule has 3 rings (SSSR count). The van der Waals surface area contributed by atoms with Crippen LogP contribution in [0.5, 0.6) is 5.75 Å². The molecule has 0 saturated heterocycles. The van der Waals surface area contributed by atoms with Crippen molar-refractivity contribution in [3.63, 3.8) is 0 Å². The van der Waals surface area contributed by atoms with Crippen molar-refractivity contribution in [1.82, 2.24) is 10.2 Å². The van der Waals surface area contributed by atoms with E-state index in [0.717, 1.165) is 9.87 Å². The van der Waals surface area contributed by atoms with Crippen LogP contribution in [0.15, 0.2) is 77.7 Å². The summed E-state index contributed by atoms with van der Waals surface area (Å²) < 4.78 is 33.8. The third-order valence-corrected chi connectivity index (χ3v) is 8.22. The van der Waals surface area contributed by atoms with Gasteiger partial charge in [0, 0.05) is 18.1 Å². The van der Waals surface area contributed by atoms with E-state index in [4.69, 9.17) is 16.3 Å². The molecular weight excluding hydrogens is 526 g/mol. The van der Waals surface area contributed by atoms with Gasteiger partial charge < -0.3 is 15.0 Å². The Morgan fingerprint density at radius 2 is 1.63 bits per heavy atom. The molecule has 10 heteroatoms. The monoisotopic (exact) mass is 557 g/mol. The lowest BCUT2D eigenvalue weighted by Crippen LogP contribution is -2.51. The number of rotatable bonds is 11. The molecule has 1 atom stereocenters. The van der Waals surface area contributed by atoms with Crippen LogP contribution in [-0.2, 0) is 26.2 Å². The molecule has 0 spiro atoms. The number of nitrogens with zero attached hydrogens (tertiary/aromatic N) is 2. The summed E-state index contributed by atoms with van der Waals surface area (Å²) >= 11 is 6.36. The number of halogens is 1. The van der Waals surface area contributed by atoms with Crippen molar-refractivity contribution in [2.24, 2.45) is 0 Å². The molecule has 0 bridgehead atoms. The molecule has 0 radical (unpaired) electrons. The summed E-state index contributed by atoms with van der Waals surface area (Å²) in [5.41, 5.74) is 1.90. The molecule has 0 heterocycles. The van der Waals surface area contributed by atoms with Crippen LogP contribution in [0, 0.1) is 6.92 Å². The quantitative estimate of drug-likeness (QED) is 0.377. The Labute approximate surface area is 229 Å².